The number of nitrogens with zero attached hydrogens (tertiary/aromatic N) is 5. The van der Waals surface area contributed by atoms with Gasteiger partial charge >= 0.3 is 0 Å². The highest BCUT2D eigenvalue weighted by molar-refractivity contribution is 6.21. The van der Waals surface area contributed by atoms with E-state index in [-0.39, 0.29) is 0 Å². The smallest absolute Gasteiger partial charge is 0.164 e. The predicted octanol–water partition coefficient (Wildman–Crippen LogP) is 14.1. The van der Waals surface area contributed by atoms with Crippen LogP contribution in [0.25, 0.3) is 88.9 Å². The fourth-order valence-corrected chi connectivity index (χ4v) is 10.2. The highest BCUT2D eigenvalue weighted by Crippen LogP contribution is 2.44. The van der Waals surface area contributed by atoms with E-state index in [2.05, 4.69) is 193 Å². The van der Waals surface area contributed by atoms with E-state index in [9.17, 15) is 0 Å². The van der Waals surface area contributed by atoms with Crippen molar-refractivity contribution in [3.8, 4) is 50.7 Å². The maximum absolute atomic E-state index is 5.28. The predicted molar refractivity (Wildman–Crippen MR) is 259 cm³/mol. The van der Waals surface area contributed by atoms with Gasteiger partial charge in [0.1, 0.15) is 0 Å². The van der Waals surface area contributed by atoms with Gasteiger partial charge in [-0.2, -0.15) is 0 Å². The molecule has 0 atom stereocenters. The van der Waals surface area contributed by atoms with E-state index in [1.165, 1.54) is 66.0 Å². The highest BCUT2D eigenvalue weighted by atomic mass is 15.0. The van der Waals surface area contributed by atoms with Gasteiger partial charge in [-0.1, -0.05) is 164 Å². The molecule has 10 aromatic rings. The lowest BCUT2D eigenvalue weighted by Crippen LogP contribution is -2.05. The molecule has 1 aliphatic heterocycles. The Morgan fingerprint density at radius 1 is 0.460 bits per heavy atom. The number of rotatable bonds is 6. The van der Waals surface area contributed by atoms with Crippen LogP contribution in [-0.4, -0.2) is 25.2 Å². The summed E-state index contributed by atoms with van der Waals surface area (Å²) in [6.45, 7) is 0. The molecule has 0 spiro atoms. The minimum Gasteiger partial charge on any atom is -0.308 e. The number of hydrogen-bond acceptors (Lipinski definition) is 4. The summed E-state index contributed by atoms with van der Waals surface area (Å²) in [6, 6.07) is 61.3. The molecular formula is C58H39N5. The molecule has 296 valence electrons. The lowest BCUT2D eigenvalue weighted by atomic mass is 9.99. The molecule has 0 unspecified atom stereocenters. The third-order valence-electron chi connectivity index (χ3n) is 13.2. The Bertz CT molecular complexity index is 3630. The summed E-state index contributed by atoms with van der Waals surface area (Å²) in [5, 5.41) is 4.93. The summed E-state index contributed by atoms with van der Waals surface area (Å²) in [5.74, 6) is 2.13. The van der Waals surface area contributed by atoms with Gasteiger partial charge in [-0.25, -0.2) is 15.0 Å². The molecule has 8 aromatic carbocycles. The second-order valence-electron chi connectivity index (χ2n) is 16.8. The number of fused-ring (bicyclic) bond motifs is 10. The molecule has 5 nitrogen and oxygen atoms in total. The minimum absolute atomic E-state index is 0.676. The van der Waals surface area contributed by atoms with E-state index in [1.54, 1.807) is 0 Å². The number of allylic oxidation sites excluding steroid dienone is 4. The zero-order valence-corrected chi connectivity index (χ0v) is 34.5. The SMILES string of the molecule is C1=CCCC(c2nc(-c3cccc(-c4cccc(-n5c6c7c(ccc6c6ccc8ccccc8c65)N=C(c5ccccc5)C7)c4)c3)nc(-c3cccc4c3Cc3ccccc3-4)n2)=C1. The van der Waals surface area contributed by atoms with Gasteiger partial charge in [0.15, 0.2) is 17.5 Å². The van der Waals surface area contributed by atoms with Crippen molar-refractivity contribution in [3.05, 3.63) is 216 Å². The van der Waals surface area contributed by atoms with Crippen LogP contribution in [0.2, 0.25) is 0 Å². The minimum atomic E-state index is 0.676. The first-order valence-electron chi connectivity index (χ1n) is 21.9. The summed E-state index contributed by atoms with van der Waals surface area (Å²) in [7, 11) is 0. The average molecular weight is 806 g/mol. The van der Waals surface area contributed by atoms with Crippen molar-refractivity contribution in [3.63, 3.8) is 0 Å². The quantitative estimate of drug-likeness (QED) is 0.168. The van der Waals surface area contributed by atoms with Gasteiger partial charge in [0.2, 0.25) is 0 Å². The van der Waals surface area contributed by atoms with Crippen molar-refractivity contribution in [2.45, 2.75) is 25.7 Å². The van der Waals surface area contributed by atoms with Crippen LogP contribution in [0.15, 0.2) is 193 Å². The second kappa shape index (κ2) is 14.3. The summed E-state index contributed by atoms with van der Waals surface area (Å²) >= 11 is 0. The van der Waals surface area contributed by atoms with Gasteiger partial charge in [0.05, 0.1) is 22.4 Å². The van der Waals surface area contributed by atoms with Crippen LogP contribution >= 0.6 is 0 Å². The Kier molecular flexibility index (Phi) is 8.10. The van der Waals surface area contributed by atoms with Crippen molar-refractivity contribution in [2.24, 2.45) is 4.99 Å². The van der Waals surface area contributed by atoms with Crippen molar-refractivity contribution < 1.29 is 0 Å². The van der Waals surface area contributed by atoms with Crippen molar-refractivity contribution in [2.75, 3.05) is 0 Å². The topological polar surface area (TPSA) is 56.0 Å². The molecule has 2 aliphatic carbocycles. The molecule has 3 heterocycles. The monoisotopic (exact) mass is 805 g/mol. The van der Waals surface area contributed by atoms with E-state index in [0.717, 1.165) is 76.4 Å². The Balaban J connectivity index is 0.956. The molecule has 0 saturated heterocycles. The fraction of sp³-hybridized carbons (Fsp3) is 0.0690. The molecular weight excluding hydrogens is 767 g/mol. The Labute approximate surface area is 365 Å². The standard InChI is InChI=1S/C58H39N5/c1-3-15-37(16-4-1)53-35-51-52(59-53)31-30-48-47-29-28-36-14-7-10-25-45(36)54(47)63(55(48)51)43-23-12-21-40(33-43)39-20-11-22-42(32-39)57-60-56(38-17-5-2-6-18-38)61-58(62-57)49-27-13-26-46-44-24-9-8-19-41(44)34-50(46)49/h1-5,7-17,19-33H,6,18,34-35H2. The molecule has 5 heteroatoms. The van der Waals surface area contributed by atoms with Crippen LogP contribution in [-0.2, 0) is 12.8 Å². The first kappa shape index (κ1) is 35.7. The van der Waals surface area contributed by atoms with Gasteiger partial charge in [-0.15, -0.1) is 0 Å². The summed E-state index contributed by atoms with van der Waals surface area (Å²) in [4.78, 5) is 20.9. The van der Waals surface area contributed by atoms with Gasteiger partial charge in [-0.05, 0) is 93.4 Å². The number of aromatic nitrogens is 4. The zero-order valence-electron chi connectivity index (χ0n) is 34.5. The second-order valence-corrected chi connectivity index (χ2v) is 16.8. The fourth-order valence-electron chi connectivity index (χ4n) is 10.2. The van der Waals surface area contributed by atoms with E-state index in [0.29, 0.717) is 11.6 Å². The Hall–Kier alpha value is -8.02. The third kappa shape index (κ3) is 5.84. The molecule has 0 saturated carbocycles. The largest absolute Gasteiger partial charge is 0.308 e. The molecule has 2 aromatic heterocycles. The normalized spacial score (nSPS) is 13.9. The summed E-state index contributed by atoms with van der Waals surface area (Å²) in [6.07, 6.45) is 9.98. The summed E-state index contributed by atoms with van der Waals surface area (Å²) < 4.78 is 2.50. The molecule has 0 radical (unpaired) electrons. The van der Waals surface area contributed by atoms with E-state index < -0.39 is 0 Å². The van der Waals surface area contributed by atoms with Crippen molar-refractivity contribution >= 4 is 49.6 Å². The van der Waals surface area contributed by atoms with E-state index >= 15 is 0 Å². The average Bonchev–Trinajstić information content (AvgIpc) is 4.07. The lowest BCUT2D eigenvalue weighted by Gasteiger charge is -2.15. The highest BCUT2D eigenvalue weighted by Gasteiger charge is 2.26. The first-order valence-corrected chi connectivity index (χ1v) is 21.9. The number of benzene rings is 8. The zero-order chi connectivity index (χ0) is 41.4. The maximum Gasteiger partial charge on any atom is 0.164 e. The van der Waals surface area contributed by atoms with Crippen molar-refractivity contribution in [1.29, 1.82) is 0 Å². The molecule has 0 N–H and O–H groups in total. The molecule has 63 heavy (non-hydrogen) atoms. The Morgan fingerprint density at radius 3 is 2.10 bits per heavy atom. The van der Waals surface area contributed by atoms with Gasteiger partial charge in [-0.3, -0.25) is 4.99 Å². The first-order chi connectivity index (χ1) is 31.2. The maximum atomic E-state index is 5.28. The van der Waals surface area contributed by atoms with E-state index in [4.69, 9.17) is 19.9 Å². The van der Waals surface area contributed by atoms with Crippen LogP contribution in [0, 0.1) is 0 Å². The van der Waals surface area contributed by atoms with E-state index in [1.807, 2.05) is 0 Å². The molecule has 13 rings (SSSR count). The summed E-state index contributed by atoms with van der Waals surface area (Å²) in [5.41, 5.74) is 18.6. The lowest BCUT2D eigenvalue weighted by molar-refractivity contribution is 0.976. The molecule has 0 fully saturated rings. The van der Waals surface area contributed by atoms with Crippen molar-refractivity contribution in [1.82, 2.24) is 19.5 Å². The number of aliphatic imine (C=N–C) groups is 1. The molecule has 0 bridgehead atoms. The van der Waals surface area contributed by atoms with Crippen LogP contribution in [0.1, 0.15) is 40.9 Å². The van der Waals surface area contributed by atoms with Crippen LogP contribution in [0.4, 0.5) is 5.69 Å². The van der Waals surface area contributed by atoms with Crippen LogP contribution < -0.4 is 0 Å². The van der Waals surface area contributed by atoms with Gasteiger partial charge < -0.3 is 4.57 Å². The van der Waals surface area contributed by atoms with Crippen LogP contribution in [0.3, 0.4) is 0 Å². The Morgan fingerprint density at radius 2 is 1.17 bits per heavy atom. The molecule has 0 amide bonds. The van der Waals surface area contributed by atoms with Crippen LogP contribution in [0.5, 0.6) is 0 Å². The third-order valence-corrected chi connectivity index (χ3v) is 13.2. The number of hydrogen-bond donors (Lipinski definition) is 0. The molecule has 3 aliphatic rings. The van der Waals surface area contributed by atoms with Gasteiger partial charge in [0.25, 0.3) is 0 Å². The van der Waals surface area contributed by atoms with Gasteiger partial charge in [0, 0.05) is 45.0 Å².